The lowest BCUT2D eigenvalue weighted by Crippen LogP contribution is -2.39. The van der Waals surface area contributed by atoms with Gasteiger partial charge < -0.3 is 14.4 Å². The van der Waals surface area contributed by atoms with Crippen LogP contribution in [0.2, 0.25) is 0 Å². The van der Waals surface area contributed by atoms with Crippen LogP contribution in [0, 0.1) is 5.92 Å². The number of hydrogen-bond acceptors (Lipinski definition) is 8. The van der Waals surface area contributed by atoms with Gasteiger partial charge in [-0.1, -0.05) is 18.3 Å². The highest BCUT2D eigenvalue weighted by Crippen LogP contribution is 2.40. The molecule has 0 saturated carbocycles. The minimum absolute atomic E-state index is 0.190. The van der Waals surface area contributed by atoms with Crippen molar-refractivity contribution in [2.24, 2.45) is 5.92 Å². The van der Waals surface area contributed by atoms with Gasteiger partial charge in [0.15, 0.2) is 16.6 Å². The molecule has 1 aromatic heterocycles. The molecule has 5 rings (SSSR count). The molecule has 9 nitrogen and oxygen atoms in total. The Bertz CT molecular complexity index is 1330. The Kier molecular flexibility index (Phi) is 6.90. The summed E-state index contributed by atoms with van der Waals surface area (Å²) in [6.07, 6.45) is 1.90. The van der Waals surface area contributed by atoms with Gasteiger partial charge in [-0.25, -0.2) is 13.4 Å². The molecule has 2 aromatic carbocycles. The van der Waals surface area contributed by atoms with Gasteiger partial charge in [-0.2, -0.15) is 4.31 Å². The third-order valence-corrected chi connectivity index (χ3v) is 9.40. The van der Waals surface area contributed by atoms with Crippen molar-refractivity contribution in [3.8, 4) is 11.5 Å². The van der Waals surface area contributed by atoms with E-state index in [1.54, 1.807) is 21.3 Å². The van der Waals surface area contributed by atoms with E-state index >= 15 is 0 Å². The van der Waals surface area contributed by atoms with Crippen LogP contribution in [0.3, 0.4) is 0 Å². The number of aromatic nitrogens is 1. The summed E-state index contributed by atoms with van der Waals surface area (Å²) in [6.45, 7) is 4.40. The van der Waals surface area contributed by atoms with Crippen molar-refractivity contribution < 1.29 is 22.7 Å². The Morgan fingerprint density at radius 1 is 1.14 bits per heavy atom. The van der Waals surface area contributed by atoms with Gasteiger partial charge in [0.25, 0.3) is 5.91 Å². The number of anilines is 1. The number of rotatable bonds is 7. The molecule has 11 heteroatoms. The van der Waals surface area contributed by atoms with Gasteiger partial charge in [-0.3, -0.25) is 9.69 Å². The van der Waals surface area contributed by atoms with Crippen molar-refractivity contribution in [2.75, 3.05) is 52.0 Å². The fraction of sp³-hybridized carbons (Fsp3) is 0.440. The van der Waals surface area contributed by atoms with Gasteiger partial charge in [0, 0.05) is 43.9 Å². The lowest BCUT2D eigenvalue weighted by atomic mass is 10.0. The van der Waals surface area contributed by atoms with Crippen molar-refractivity contribution >= 4 is 42.6 Å². The molecule has 0 aliphatic carbocycles. The summed E-state index contributed by atoms with van der Waals surface area (Å²) in [6, 6.07) is 9.96. The number of sulfonamides is 1. The van der Waals surface area contributed by atoms with E-state index < -0.39 is 10.0 Å². The van der Waals surface area contributed by atoms with E-state index in [4.69, 9.17) is 14.5 Å². The van der Waals surface area contributed by atoms with Crippen molar-refractivity contribution in [1.82, 2.24) is 14.2 Å². The van der Waals surface area contributed by atoms with Crippen LogP contribution in [-0.4, -0.2) is 75.6 Å². The van der Waals surface area contributed by atoms with E-state index in [2.05, 4.69) is 6.92 Å². The number of ether oxygens (including phenoxy) is 2. The molecule has 2 aliphatic heterocycles. The SMILES string of the molecule is C[C@H]1CCCN(S(=O)(=O)c2ccc(C(=O)N(CCN(C)C)c3nc4cc5c(cc4s3)OCO5)cc2)C1. The van der Waals surface area contributed by atoms with Gasteiger partial charge >= 0.3 is 0 Å². The second-order valence-corrected chi connectivity index (χ2v) is 12.5. The summed E-state index contributed by atoms with van der Waals surface area (Å²) < 4.78 is 39.6. The number of nitrogens with zero attached hydrogens (tertiary/aromatic N) is 4. The molecule has 0 unspecified atom stereocenters. The molecule has 1 fully saturated rings. The summed E-state index contributed by atoms with van der Waals surface area (Å²) in [5, 5.41) is 0.569. The molecular formula is C25H30N4O5S2. The van der Waals surface area contributed by atoms with Crippen molar-refractivity contribution in [3.05, 3.63) is 42.0 Å². The van der Waals surface area contributed by atoms with Crippen LogP contribution in [0.5, 0.6) is 11.5 Å². The number of carbonyl (C=O) groups excluding carboxylic acids is 1. The number of benzene rings is 2. The van der Waals surface area contributed by atoms with Gasteiger partial charge in [0.05, 0.1) is 15.1 Å². The summed E-state index contributed by atoms with van der Waals surface area (Å²) in [4.78, 5) is 22.2. The van der Waals surface area contributed by atoms with Crippen LogP contribution in [0.1, 0.15) is 30.1 Å². The Balaban J connectivity index is 1.42. The van der Waals surface area contributed by atoms with Crippen molar-refractivity contribution in [1.29, 1.82) is 0 Å². The molecule has 3 aromatic rings. The summed E-state index contributed by atoms with van der Waals surface area (Å²) in [5.74, 6) is 1.42. The van der Waals surface area contributed by atoms with Crippen LogP contribution in [-0.2, 0) is 10.0 Å². The number of piperidine rings is 1. The van der Waals surface area contributed by atoms with E-state index in [0.717, 1.165) is 23.1 Å². The molecule has 0 bridgehead atoms. The number of amides is 1. The minimum atomic E-state index is -3.59. The first-order valence-electron chi connectivity index (χ1n) is 12.0. The smallest absolute Gasteiger partial charge is 0.260 e. The number of hydrogen-bond donors (Lipinski definition) is 0. The number of fused-ring (bicyclic) bond motifs is 2. The molecule has 1 saturated heterocycles. The highest BCUT2D eigenvalue weighted by molar-refractivity contribution is 7.89. The fourth-order valence-corrected chi connectivity index (χ4v) is 7.04. The lowest BCUT2D eigenvalue weighted by Gasteiger charge is -2.30. The van der Waals surface area contributed by atoms with E-state index in [0.29, 0.717) is 54.3 Å². The predicted octanol–water partition coefficient (Wildman–Crippen LogP) is 3.65. The lowest BCUT2D eigenvalue weighted by molar-refractivity contribution is 0.0985. The molecule has 1 amide bonds. The maximum atomic E-state index is 13.6. The first kappa shape index (κ1) is 24.9. The third-order valence-electron chi connectivity index (χ3n) is 6.48. The maximum absolute atomic E-state index is 13.6. The van der Waals surface area contributed by atoms with Gasteiger partial charge in [0.1, 0.15) is 0 Å². The summed E-state index contributed by atoms with van der Waals surface area (Å²) in [5.41, 5.74) is 1.15. The molecule has 2 aliphatic rings. The Morgan fingerprint density at radius 3 is 2.56 bits per heavy atom. The topological polar surface area (TPSA) is 92.3 Å². The zero-order chi connectivity index (χ0) is 25.4. The quantitative estimate of drug-likeness (QED) is 0.460. The van der Waals surface area contributed by atoms with Crippen LogP contribution >= 0.6 is 11.3 Å². The second-order valence-electron chi connectivity index (χ2n) is 9.56. The summed E-state index contributed by atoms with van der Waals surface area (Å²) >= 11 is 1.41. The van der Waals surface area contributed by atoms with E-state index in [-0.39, 0.29) is 17.6 Å². The number of thiazole rings is 1. The zero-order valence-electron chi connectivity index (χ0n) is 20.6. The van der Waals surface area contributed by atoms with Crippen LogP contribution in [0.4, 0.5) is 5.13 Å². The number of likely N-dealkylation sites (N-methyl/N-ethyl adjacent to an activating group) is 1. The van der Waals surface area contributed by atoms with Crippen LogP contribution < -0.4 is 14.4 Å². The molecule has 0 radical (unpaired) electrons. The monoisotopic (exact) mass is 530 g/mol. The Morgan fingerprint density at radius 2 is 1.86 bits per heavy atom. The van der Waals surface area contributed by atoms with Crippen molar-refractivity contribution in [3.63, 3.8) is 0 Å². The number of carbonyl (C=O) groups is 1. The van der Waals surface area contributed by atoms with E-state index in [1.165, 1.54) is 23.5 Å². The first-order chi connectivity index (χ1) is 17.2. The van der Waals surface area contributed by atoms with Gasteiger partial charge in [0.2, 0.25) is 16.8 Å². The van der Waals surface area contributed by atoms with E-state index in [9.17, 15) is 13.2 Å². The zero-order valence-corrected chi connectivity index (χ0v) is 22.3. The fourth-order valence-electron chi connectivity index (χ4n) is 4.44. The summed E-state index contributed by atoms with van der Waals surface area (Å²) in [7, 11) is 0.305. The molecule has 3 heterocycles. The highest BCUT2D eigenvalue weighted by atomic mass is 32.2. The standard InChI is InChI=1S/C25H30N4O5S2/c1-17-5-4-10-28(15-17)36(31,32)19-8-6-18(7-9-19)24(30)29(12-11-27(2)3)25-26-20-13-21-22(34-16-33-21)14-23(20)35-25/h6-9,13-14,17H,4-5,10-12,15-16H2,1-3H3/t17-/m0/s1. The van der Waals surface area contributed by atoms with Gasteiger partial charge in [-0.15, -0.1) is 0 Å². The van der Waals surface area contributed by atoms with E-state index in [1.807, 2.05) is 31.1 Å². The first-order valence-corrected chi connectivity index (χ1v) is 14.2. The second kappa shape index (κ2) is 9.97. The minimum Gasteiger partial charge on any atom is -0.454 e. The van der Waals surface area contributed by atoms with Crippen LogP contribution in [0.25, 0.3) is 10.2 Å². The molecular weight excluding hydrogens is 500 g/mol. The Labute approximate surface area is 215 Å². The highest BCUT2D eigenvalue weighted by Gasteiger charge is 2.29. The molecule has 192 valence electrons. The third kappa shape index (κ3) is 4.93. The van der Waals surface area contributed by atoms with Crippen molar-refractivity contribution in [2.45, 2.75) is 24.7 Å². The average molecular weight is 531 g/mol. The van der Waals surface area contributed by atoms with Crippen LogP contribution in [0.15, 0.2) is 41.3 Å². The molecule has 1 atom stereocenters. The maximum Gasteiger partial charge on any atom is 0.260 e. The normalized spacial score (nSPS) is 18.2. The largest absolute Gasteiger partial charge is 0.454 e. The average Bonchev–Trinajstić information content (AvgIpc) is 3.48. The van der Waals surface area contributed by atoms with Gasteiger partial charge in [-0.05, 0) is 57.1 Å². The predicted molar refractivity (Wildman–Crippen MR) is 140 cm³/mol. The molecule has 0 spiro atoms. The molecule has 0 N–H and O–H groups in total. The molecule has 36 heavy (non-hydrogen) atoms. The Hall–Kier alpha value is -2.73.